The number of aromatic nitrogens is 3. The highest BCUT2D eigenvalue weighted by molar-refractivity contribution is 5.69. The van der Waals surface area contributed by atoms with Crippen LogP contribution in [0.15, 0.2) is 30.5 Å². The summed E-state index contributed by atoms with van der Waals surface area (Å²) in [5, 5.41) is 16.5. The number of rotatable bonds is 6. The first-order valence-electron chi connectivity index (χ1n) is 6.48. The molecule has 106 valence electrons. The molecule has 0 fully saturated rings. The van der Waals surface area contributed by atoms with E-state index < -0.39 is 5.97 Å². The van der Waals surface area contributed by atoms with Gasteiger partial charge in [-0.3, -0.25) is 4.79 Å². The molecule has 0 aliphatic carbocycles. The second-order valence-corrected chi connectivity index (χ2v) is 4.56. The van der Waals surface area contributed by atoms with E-state index in [0.717, 1.165) is 17.9 Å². The molecule has 20 heavy (non-hydrogen) atoms. The highest BCUT2D eigenvalue weighted by Crippen LogP contribution is 2.18. The quantitative estimate of drug-likeness (QED) is 0.873. The lowest BCUT2D eigenvalue weighted by atomic mass is 10.2. The maximum Gasteiger partial charge on any atom is 0.309 e. The number of nitrogens with zero attached hydrogens (tertiary/aromatic N) is 3. The van der Waals surface area contributed by atoms with Gasteiger partial charge in [0.1, 0.15) is 5.75 Å². The molecule has 0 bridgehead atoms. The van der Waals surface area contributed by atoms with Crippen LogP contribution in [0.4, 0.5) is 0 Å². The maximum atomic E-state index is 10.6. The molecule has 0 amide bonds. The van der Waals surface area contributed by atoms with Crippen LogP contribution >= 0.6 is 0 Å². The summed E-state index contributed by atoms with van der Waals surface area (Å²) in [6, 6.07) is 7.46. The third kappa shape index (κ3) is 3.57. The Labute approximate surface area is 117 Å². The summed E-state index contributed by atoms with van der Waals surface area (Å²) in [7, 11) is 0. The molecular formula is C14H17N3O3. The SMILES string of the molecule is CCC(C)Oc1cccc(-n2cc(CC(=O)O)nn2)c1. The van der Waals surface area contributed by atoms with E-state index >= 15 is 0 Å². The normalized spacial score (nSPS) is 12.1. The molecule has 0 saturated carbocycles. The number of carbonyl (C=O) groups is 1. The van der Waals surface area contributed by atoms with Crippen molar-refractivity contribution in [2.45, 2.75) is 32.8 Å². The molecule has 6 heteroatoms. The van der Waals surface area contributed by atoms with Crippen LogP contribution in [0.3, 0.4) is 0 Å². The van der Waals surface area contributed by atoms with Gasteiger partial charge in [0.05, 0.1) is 30.1 Å². The van der Waals surface area contributed by atoms with Gasteiger partial charge in [0.25, 0.3) is 0 Å². The van der Waals surface area contributed by atoms with Crippen LogP contribution in [0.2, 0.25) is 0 Å². The topological polar surface area (TPSA) is 77.2 Å². The zero-order valence-corrected chi connectivity index (χ0v) is 11.5. The molecule has 1 aromatic carbocycles. The molecule has 1 atom stereocenters. The molecule has 2 rings (SSSR count). The number of hydrogen-bond donors (Lipinski definition) is 1. The molecule has 1 unspecified atom stereocenters. The molecule has 0 radical (unpaired) electrons. The second-order valence-electron chi connectivity index (χ2n) is 4.56. The lowest BCUT2D eigenvalue weighted by molar-refractivity contribution is -0.136. The predicted molar refractivity (Wildman–Crippen MR) is 73.1 cm³/mol. The van der Waals surface area contributed by atoms with Gasteiger partial charge < -0.3 is 9.84 Å². The van der Waals surface area contributed by atoms with Crippen molar-refractivity contribution < 1.29 is 14.6 Å². The Morgan fingerprint density at radius 1 is 1.50 bits per heavy atom. The van der Waals surface area contributed by atoms with Gasteiger partial charge in [0.15, 0.2) is 0 Å². The first-order chi connectivity index (χ1) is 9.58. The number of aliphatic carboxylic acids is 1. The Morgan fingerprint density at radius 3 is 3.00 bits per heavy atom. The third-order valence-corrected chi connectivity index (χ3v) is 2.87. The molecule has 1 heterocycles. The van der Waals surface area contributed by atoms with E-state index in [0.29, 0.717) is 5.69 Å². The molecule has 0 saturated heterocycles. The van der Waals surface area contributed by atoms with Gasteiger partial charge in [-0.25, -0.2) is 4.68 Å². The second kappa shape index (κ2) is 6.18. The van der Waals surface area contributed by atoms with Crippen LogP contribution in [0.5, 0.6) is 5.75 Å². The summed E-state index contributed by atoms with van der Waals surface area (Å²) in [5.41, 5.74) is 1.21. The molecule has 0 aliphatic heterocycles. The van der Waals surface area contributed by atoms with Crippen molar-refractivity contribution in [1.29, 1.82) is 0 Å². The Hall–Kier alpha value is -2.37. The van der Waals surface area contributed by atoms with Gasteiger partial charge >= 0.3 is 5.97 Å². The minimum absolute atomic E-state index is 0.136. The Bertz CT molecular complexity index is 595. The van der Waals surface area contributed by atoms with Crippen molar-refractivity contribution in [3.05, 3.63) is 36.2 Å². The summed E-state index contributed by atoms with van der Waals surface area (Å²) >= 11 is 0. The van der Waals surface area contributed by atoms with Crippen LogP contribution in [0, 0.1) is 0 Å². The first kappa shape index (κ1) is 14.0. The van der Waals surface area contributed by atoms with Gasteiger partial charge in [0, 0.05) is 6.07 Å². The van der Waals surface area contributed by atoms with Gasteiger partial charge in [0.2, 0.25) is 0 Å². The fraction of sp³-hybridized carbons (Fsp3) is 0.357. The predicted octanol–water partition coefficient (Wildman–Crippen LogP) is 2.07. The van der Waals surface area contributed by atoms with Crippen LogP contribution in [-0.4, -0.2) is 32.2 Å². The van der Waals surface area contributed by atoms with Crippen molar-refractivity contribution >= 4 is 5.97 Å². The molecule has 0 spiro atoms. The van der Waals surface area contributed by atoms with Crippen LogP contribution < -0.4 is 4.74 Å². The van der Waals surface area contributed by atoms with Crippen molar-refractivity contribution in [2.75, 3.05) is 0 Å². The highest BCUT2D eigenvalue weighted by atomic mass is 16.5. The first-order valence-corrected chi connectivity index (χ1v) is 6.48. The van der Waals surface area contributed by atoms with E-state index in [2.05, 4.69) is 17.2 Å². The van der Waals surface area contributed by atoms with Crippen molar-refractivity contribution in [2.24, 2.45) is 0 Å². The minimum Gasteiger partial charge on any atom is -0.491 e. The maximum absolute atomic E-state index is 10.6. The summed E-state index contributed by atoms with van der Waals surface area (Å²) < 4.78 is 7.28. The van der Waals surface area contributed by atoms with E-state index in [4.69, 9.17) is 9.84 Å². The molecule has 2 aromatic rings. The zero-order chi connectivity index (χ0) is 14.5. The van der Waals surface area contributed by atoms with E-state index in [1.807, 2.05) is 31.2 Å². The monoisotopic (exact) mass is 275 g/mol. The molecule has 1 N–H and O–H groups in total. The largest absolute Gasteiger partial charge is 0.491 e. The van der Waals surface area contributed by atoms with Crippen molar-refractivity contribution in [3.8, 4) is 11.4 Å². The molecular weight excluding hydrogens is 258 g/mol. The average molecular weight is 275 g/mol. The van der Waals surface area contributed by atoms with Crippen molar-refractivity contribution in [1.82, 2.24) is 15.0 Å². The standard InChI is InChI=1S/C14H17N3O3/c1-3-10(2)20-13-6-4-5-12(8-13)17-9-11(15-16-17)7-14(18)19/h4-6,8-10H,3,7H2,1-2H3,(H,18,19). The fourth-order valence-corrected chi connectivity index (χ4v) is 1.68. The van der Waals surface area contributed by atoms with Gasteiger partial charge in [-0.1, -0.05) is 18.2 Å². The smallest absolute Gasteiger partial charge is 0.309 e. The van der Waals surface area contributed by atoms with E-state index in [1.54, 1.807) is 10.9 Å². The van der Waals surface area contributed by atoms with E-state index in [1.165, 1.54) is 0 Å². The number of ether oxygens (including phenoxy) is 1. The number of carboxylic acid groups (broad SMARTS) is 1. The Morgan fingerprint density at radius 2 is 2.30 bits per heavy atom. The van der Waals surface area contributed by atoms with E-state index in [-0.39, 0.29) is 12.5 Å². The number of carboxylic acids is 1. The highest BCUT2D eigenvalue weighted by Gasteiger charge is 2.08. The molecule has 1 aromatic heterocycles. The molecule has 0 aliphatic rings. The molecule has 6 nitrogen and oxygen atoms in total. The lowest BCUT2D eigenvalue weighted by Gasteiger charge is -2.13. The van der Waals surface area contributed by atoms with Crippen LogP contribution in [0.25, 0.3) is 5.69 Å². The third-order valence-electron chi connectivity index (χ3n) is 2.87. The Balaban J connectivity index is 2.18. The van der Waals surface area contributed by atoms with Crippen molar-refractivity contribution in [3.63, 3.8) is 0 Å². The fourth-order valence-electron chi connectivity index (χ4n) is 1.68. The summed E-state index contributed by atoms with van der Waals surface area (Å²) in [6.07, 6.45) is 2.54. The lowest BCUT2D eigenvalue weighted by Crippen LogP contribution is -2.09. The van der Waals surface area contributed by atoms with Gasteiger partial charge in [-0.2, -0.15) is 0 Å². The van der Waals surface area contributed by atoms with Gasteiger partial charge in [-0.15, -0.1) is 5.10 Å². The minimum atomic E-state index is -0.925. The summed E-state index contributed by atoms with van der Waals surface area (Å²) in [6.45, 7) is 4.07. The number of benzene rings is 1. The van der Waals surface area contributed by atoms with Gasteiger partial charge in [-0.05, 0) is 25.5 Å². The zero-order valence-electron chi connectivity index (χ0n) is 11.5. The van der Waals surface area contributed by atoms with E-state index in [9.17, 15) is 4.79 Å². The average Bonchev–Trinajstić information content (AvgIpc) is 2.86. The van der Waals surface area contributed by atoms with Crippen LogP contribution in [0.1, 0.15) is 26.0 Å². The number of hydrogen-bond acceptors (Lipinski definition) is 4. The summed E-state index contributed by atoms with van der Waals surface area (Å²) in [4.78, 5) is 10.6. The summed E-state index contributed by atoms with van der Waals surface area (Å²) in [5.74, 6) is -0.168. The van der Waals surface area contributed by atoms with Crippen LogP contribution in [-0.2, 0) is 11.2 Å². The Kier molecular flexibility index (Phi) is 4.34.